The highest BCUT2D eigenvalue weighted by atomic mass is 16.5. The summed E-state index contributed by atoms with van der Waals surface area (Å²) in [7, 11) is 3.22. The van der Waals surface area contributed by atoms with Crippen molar-refractivity contribution in [3.8, 4) is 11.5 Å². The molecule has 0 spiro atoms. The van der Waals surface area contributed by atoms with Crippen LogP contribution in [0.4, 0.5) is 11.4 Å². The Morgan fingerprint density at radius 3 is 2.43 bits per heavy atom. The van der Waals surface area contributed by atoms with E-state index in [9.17, 15) is 4.79 Å². The van der Waals surface area contributed by atoms with Gasteiger partial charge in [0.15, 0.2) is 0 Å². The van der Waals surface area contributed by atoms with E-state index in [1.54, 1.807) is 14.2 Å². The summed E-state index contributed by atoms with van der Waals surface area (Å²) in [6.07, 6.45) is 0.364. The molecule has 0 saturated carbocycles. The van der Waals surface area contributed by atoms with Gasteiger partial charge < -0.3 is 20.1 Å². The van der Waals surface area contributed by atoms with E-state index in [-0.39, 0.29) is 5.91 Å². The van der Waals surface area contributed by atoms with Crippen LogP contribution in [0.3, 0.4) is 0 Å². The van der Waals surface area contributed by atoms with Gasteiger partial charge in [0.05, 0.1) is 19.9 Å². The summed E-state index contributed by atoms with van der Waals surface area (Å²) in [5.74, 6) is 1.40. The van der Waals surface area contributed by atoms with Gasteiger partial charge in [-0.05, 0) is 48.9 Å². The van der Waals surface area contributed by atoms with E-state index < -0.39 is 0 Å². The van der Waals surface area contributed by atoms with Crippen LogP contribution in [-0.2, 0) is 4.79 Å². The van der Waals surface area contributed by atoms with Crippen LogP contribution >= 0.6 is 0 Å². The highest BCUT2D eigenvalue weighted by molar-refractivity contribution is 5.92. The van der Waals surface area contributed by atoms with Crippen LogP contribution < -0.4 is 20.1 Å². The fourth-order valence-corrected chi connectivity index (χ4v) is 2.16. The minimum Gasteiger partial charge on any atom is -0.497 e. The fraction of sp³-hybridized carbons (Fsp3) is 0.278. The molecule has 0 aromatic heterocycles. The van der Waals surface area contributed by atoms with E-state index in [1.807, 2.05) is 49.4 Å². The largest absolute Gasteiger partial charge is 0.497 e. The number of nitrogens with one attached hydrogen (secondary N) is 2. The molecule has 0 atom stereocenters. The van der Waals surface area contributed by atoms with Crippen LogP contribution in [0.25, 0.3) is 0 Å². The molecule has 1 amide bonds. The Balaban J connectivity index is 1.84. The zero-order chi connectivity index (χ0) is 16.7. The number of rotatable bonds is 7. The maximum atomic E-state index is 12.1. The molecule has 2 rings (SSSR count). The molecular formula is C18H22N2O3. The molecule has 2 aromatic rings. The summed E-state index contributed by atoms with van der Waals surface area (Å²) in [5, 5.41) is 6.09. The van der Waals surface area contributed by atoms with Crippen molar-refractivity contribution in [3.05, 3.63) is 48.0 Å². The Kier molecular flexibility index (Phi) is 5.86. The Hall–Kier alpha value is -2.69. The summed E-state index contributed by atoms with van der Waals surface area (Å²) < 4.78 is 10.4. The summed E-state index contributed by atoms with van der Waals surface area (Å²) in [6, 6.07) is 13.3. The van der Waals surface area contributed by atoms with Gasteiger partial charge in [-0.25, -0.2) is 0 Å². The first-order chi connectivity index (χ1) is 11.1. The number of hydrogen-bond donors (Lipinski definition) is 2. The first kappa shape index (κ1) is 16.7. The number of methoxy groups -OCH3 is 2. The molecule has 0 saturated heterocycles. The number of anilines is 2. The van der Waals surface area contributed by atoms with Gasteiger partial charge in [-0.3, -0.25) is 4.79 Å². The lowest BCUT2D eigenvalue weighted by atomic mass is 10.2. The standard InChI is InChI=1S/C18H22N2O3/c1-13-4-9-17(23-3)16(12-13)20-18(21)10-11-19-14-5-7-15(22-2)8-6-14/h4-9,12,19H,10-11H2,1-3H3,(H,20,21). The van der Waals surface area contributed by atoms with Gasteiger partial charge >= 0.3 is 0 Å². The van der Waals surface area contributed by atoms with Crippen molar-refractivity contribution in [2.75, 3.05) is 31.4 Å². The molecule has 5 heteroatoms. The topological polar surface area (TPSA) is 59.6 Å². The minimum absolute atomic E-state index is 0.0603. The van der Waals surface area contributed by atoms with Gasteiger partial charge in [0.25, 0.3) is 0 Å². The van der Waals surface area contributed by atoms with Crippen molar-refractivity contribution in [2.24, 2.45) is 0 Å². The van der Waals surface area contributed by atoms with E-state index in [1.165, 1.54) is 0 Å². The molecule has 0 fully saturated rings. The predicted molar refractivity (Wildman–Crippen MR) is 92.5 cm³/mol. The van der Waals surface area contributed by atoms with Crippen molar-refractivity contribution in [1.29, 1.82) is 0 Å². The van der Waals surface area contributed by atoms with Crippen molar-refractivity contribution in [1.82, 2.24) is 0 Å². The van der Waals surface area contributed by atoms with E-state index in [2.05, 4.69) is 10.6 Å². The molecular weight excluding hydrogens is 292 g/mol. The van der Waals surface area contributed by atoms with E-state index in [0.29, 0.717) is 24.4 Å². The molecule has 0 aliphatic carbocycles. The average Bonchev–Trinajstić information content (AvgIpc) is 2.56. The SMILES string of the molecule is COc1ccc(NCCC(=O)Nc2cc(C)ccc2OC)cc1. The van der Waals surface area contributed by atoms with E-state index in [4.69, 9.17) is 9.47 Å². The third-order valence-electron chi connectivity index (χ3n) is 3.40. The van der Waals surface area contributed by atoms with Crippen molar-refractivity contribution < 1.29 is 14.3 Å². The molecule has 0 unspecified atom stereocenters. The van der Waals surface area contributed by atoms with Crippen molar-refractivity contribution in [3.63, 3.8) is 0 Å². The molecule has 0 aliphatic rings. The number of benzene rings is 2. The second-order valence-corrected chi connectivity index (χ2v) is 5.16. The third-order valence-corrected chi connectivity index (χ3v) is 3.40. The lowest BCUT2D eigenvalue weighted by Crippen LogP contribution is -2.16. The van der Waals surface area contributed by atoms with Gasteiger partial charge in [0.1, 0.15) is 11.5 Å². The van der Waals surface area contributed by atoms with Gasteiger partial charge in [-0.1, -0.05) is 6.07 Å². The Morgan fingerprint density at radius 2 is 1.78 bits per heavy atom. The lowest BCUT2D eigenvalue weighted by molar-refractivity contribution is -0.116. The second-order valence-electron chi connectivity index (χ2n) is 5.16. The summed E-state index contributed by atoms with van der Waals surface area (Å²) in [5.41, 5.74) is 2.71. The molecule has 0 aliphatic heterocycles. The van der Waals surface area contributed by atoms with Crippen LogP contribution in [0, 0.1) is 6.92 Å². The van der Waals surface area contributed by atoms with Crippen LogP contribution in [0.2, 0.25) is 0 Å². The third kappa shape index (κ3) is 4.92. The van der Waals surface area contributed by atoms with Gasteiger partial charge in [0, 0.05) is 18.7 Å². The number of amides is 1. The fourth-order valence-electron chi connectivity index (χ4n) is 2.16. The number of aryl methyl sites for hydroxylation is 1. The second kappa shape index (κ2) is 8.08. The smallest absolute Gasteiger partial charge is 0.226 e. The highest BCUT2D eigenvalue weighted by Gasteiger charge is 2.07. The Morgan fingerprint density at radius 1 is 1.04 bits per heavy atom. The lowest BCUT2D eigenvalue weighted by Gasteiger charge is -2.11. The first-order valence-electron chi connectivity index (χ1n) is 7.45. The molecule has 2 N–H and O–H groups in total. The quantitative estimate of drug-likeness (QED) is 0.822. The monoisotopic (exact) mass is 314 g/mol. The number of carbonyl (C=O) groups excluding carboxylic acids is 1. The number of carbonyl (C=O) groups is 1. The zero-order valence-electron chi connectivity index (χ0n) is 13.7. The molecule has 23 heavy (non-hydrogen) atoms. The number of hydrogen-bond acceptors (Lipinski definition) is 4. The first-order valence-corrected chi connectivity index (χ1v) is 7.45. The van der Waals surface area contributed by atoms with Crippen LogP contribution in [-0.4, -0.2) is 26.7 Å². The molecule has 122 valence electrons. The molecule has 2 aromatic carbocycles. The molecule has 5 nitrogen and oxygen atoms in total. The summed E-state index contributed by atoms with van der Waals surface area (Å²) in [4.78, 5) is 12.1. The van der Waals surface area contributed by atoms with Crippen molar-refractivity contribution in [2.45, 2.75) is 13.3 Å². The van der Waals surface area contributed by atoms with Gasteiger partial charge in [0.2, 0.25) is 5.91 Å². The summed E-state index contributed by atoms with van der Waals surface area (Å²) in [6.45, 7) is 2.52. The minimum atomic E-state index is -0.0603. The van der Waals surface area contributed by atoms with E-state index >= 15 is 0 Å². The Labute approximate surface area is 136 Å². The van der Waals surface area contributed by atoms with Crippen molar-refractivity contribution >= 4 is 17.3 Å². The normalized spacial score (nSPS) is 10.0. The number of ether oxygens (including phenoxy) is 2. The highest BCUT2D eigenvalue weighted by Crippen LogP contribution is 2.25. The molecule has 0 heterocycles. The zero-order valence-corrected chi connectivity index (χ0v) is 13.7. The maximum absolute atomic E-state index is 12.1. The predicted octanol–water partition coefficient (Wildman–Crippen LogP) is 3.45. The Bertz CT molecular complexity index is 654. The maximum Gasteiger partial charge on any atom is 0.226 e. The van der Waals surface area contributed by atoms with Crippen LogP contribution in [0.1, 0.15) is 12.0 Å². The average molecular weight is 314 g/mol. The van der Waals surface area contributed by atoms with Gasteiger partial charge in [-0.2, -0.15) is 0 Å². The van der Waals surface area contributed by atoms with Gasteiger partial charge in [-0.15, -0.1) is 0 Å². The van der Waals surface area contributed by atoms with Crippen LogP contribution in [0.15, 0.2) is 42.5 Å². The van der Waals surface area contributed by atoms with Crippen LogP contribution in [0.5, 0.6) is 11.5 Å². The molecule has 0 bridgehead atoms. The molecule has 0 radical (unpaired) electrons. The summed E-state index contributed by atoms with van der Waals surface area (Å²) >= 11 is 0. The van der Waals surface area contributed by atoms with E-state index in [0.717, 1.165) is 17.0 Å².